The first kappa shape index (κ1) is 12.3. The Balaban J connectivity index is 1.94. The van der Waals surface area contributed by atoms with Crippen molar-refractivity contribution in [3.8, 4) is 0 Å². The van der Waals surface area contributed by atoms with E-state index in [1.54, 1.807) is 6.33 Å². The molecule has 5 heteroatoms. The van der Waals surface area contributed by atoms with Crippen molar-refractivity contribution in [2.45, 2.75) is 39.9 Å². The minimum Gasteiger partial charge on any atom is -0.317 e. The maximum absolute atomic E-state index is 4.11. The van der Waals surface area contributed by atoms with Gasteiger partial charge in [0.1, 0.15) is 12.2 Å². The molecule has 4 nitrogen and oxygen atoms in total. The van der Waals surface area contributed by atoms with Gasteiger partial charge < -0.3 is 9.88 Å². The third kappa shape index (κ3) is 2.92. The number of hydrogen-bond donors (Lipinski definition) is 1. The summed E-state index contributed by atoms with van der Waals surface area (Å²) in [5.41, 5.74) is 0. The van der Waals surface area contributed by atoms with Crippen LogP contribution in [0.1, 0.15) is 35.5 Å². The lowest BCUT2D eigenvalue weighted by Gasteiger charge is -2.11. The molecule has 0 aliphatic rings. The molecule has 2 rings (SSSR count). The van der Waals surface area contributed by atoms with Gasteiger partial charge in [0.15, 0.2) is 0 Å². The molecule has 0 aliphatic carbocycles. The van der Waals surface area contributed by atoms with Gasteiger partial charge in [-0.3, -0.25) is 0 Å². The van der Waals surface area contributed by atoms with Gasteiger partial charge in [0, 0.05) is 22.3 Å². The first-order valence-electron chi connectivity index (χ1n) is 5.87. The zero-order chi connectivity index (χ0) is 12.3. The van der Waals surface area contributed by atoms with Gasteiger partial charge in [-0.2, -0.15) is 0 Å². The smallest absolute Gasteiger partial charge is 0.146 e. The molecular formula is C12H18N4S. The Morgan fingerprint density at radius 3 is 2.94 bits per heavy atom. The van der Waals surface area contributed by atoms with Crippen molar-refractivity contribution < 1.29 is 0 Å². The van der Waals surface area contributed by atoms with E-state index in [-0.39, 0.29) is 0 Å². The predicted octanol–water partition coefficient (Wildman–Crippen LogP) is 2.52. The molecule has 17 heavy (non-hydrogen) atoms. The van der Waals surface area contributed by atoms with E-state index in [0.717, 1.165) is 18.9 Å². The highest BCUT2D eigenvalue weighted by Crippen LogP contribution is 2.22. The number of nitrogens with one attached hydrogen (secondary N) is 1. The fourth-order valence-electron chi connectivity index (χ4n) is 1.71. The molecule has 2 heterocycles. The summed E-state index contributed by atoms with van der Waals surface area (Å²) in [5.74, 6) is 0.993. The van der Waals surface area contributed by atoms with Gasteiger partial charge in [0.2, 0.25) is 0 Å². The summed E-state index contributed by atoms with van der Waals surface area (Å²) in [7, 11) is 0. The van der Waals surface area contributed by atoms with Crippen molar-refractivity contribution >= 4 is 11.3 Å². The molecule has 0 saturated carbocycles. The molecule has 0 bridgehead atoms. The van der Waals surface area contributed by atoms with Crippen LogP contribution in [0.25, 0.3) is 0 Å². The molecule has 1 unspecified atom stereocenters. The monoisotopic (exact) mass is 250 g/mol. The van der Waals surface area contributed by atoms with Gasteiger partial charge in [-0.25, -0.2) is 0 Å². The average molecular weight is 250 g/mol. The summed E-state index contributed by atoms with van der Waals surface area (Å²) in [4.78, 5) is 2.72. The van der Waals surface area contributed by atoms with Crippen LogP contribution in [0.2, 0.25) is 0 Å². The van der Waals surface area contributed by atoms with E-state index >= 15 is 0 Å². The van der Waals surface area contributed by atoms with E-state index in [1.807, 2.05) is 11.3 Å². The number of hydrogen-bond acceptors (Lipinski definition) is 4. The Labute approximate surface area is 106 Å². The zero-order valence-corrected chi connectivity index (χ0v) is 11.3. The second-order valence-corrected chi connectivity index (χ2v) is 5.40. The largest absolute Gasteiger partial charge is 0.317 e. The molecule has 1 atom stereocenters. The highest BCUT2D eigenvalue weighted by Gasteiger charge is 2.09. The van der Waals surface area contributed by atoms with E-state index in [2.05, 4.69) is 53.0 Å². The standard InChI is InChI=1S/C12H18N4S/c1-4-16-8-14-15-12(16)7-13-10(3)11-6-5-9(2)17-11/h5-6,8,10,13H,4,7H2,1-3H3. The number of nitrogens with zero attached hydrogens (tertiary/aromatic N) is 3. The third-order valence-corrected chi connectivity index (χ3v) is 3.97. The lowest BCUT2D eigenvalue weighted by atomic mass is 10.2. The molecule has 1 N–H and O–H groups in total. The van der Waals surface area contributed by atoms with Crippen molar-refractivity contribution in [3.63, 3.8) is 0 Å². The van der Waals surface area contributed by atoms with Gasteiger partial charge in [0.05, 0.1) is 6.54 Å². The van der Waals surface area contributed by atoms with Crippen LogP contribution in [0.15, 0.2) is 18.5 Å². The molecule has 0 amide bonds. The quantitative estimate of drug-likeness (QED) is 0.886. The molecular weight excluding hydrogens is 232 g/mol. The molecule has 0 radical (unpaired) electrons. The van der Waals surface area contributed by atoms with Crippen LogP contribution < -0.4 is 5.32 Å². The highest BCUT2D eigenvalue weighted by molar-refractivity contribution is 7.12. The molecule has 0 aliphatic heterocycles. The van der Waals surface area contributed by atoms with Gasteiger partial charge >= 0.3 is 0 Å². The molecule has 0 saturated heterocycles. The summed E-state index contributed by atoms with van der Waals surface area (Å²) in [5, 5.41) is 11.5. The van der Waals surface area contributed by atoms with Crippen LogP contribution >= 0.6 is 11.3 Å². The van der Waals surface area contributed by atoms with Crippen molar-refractivity contribution in [2.24, 2.45) is 0 Å². The maximum Gasteiger partial charge on any atom is 0.146 e. The normalized spacial score (nSPS) is 12.9. The second kappa shape index (κ2) is 5.42. The number of thiophene rings is 1. The van der Waals surface area contributed by atoms with E-state index in [9.17, 15) is 0 Å². The summed E-state index contributed by atoms with van der Waals surface area (Å²) < 4.78 is 2.05. The molecule has 0 aromatic carbocycles. The van der Waals surface area contributed by atoms with Crippen LogP contribution in [0.3, 0.4) is 0 Å². The number of aromatic nitrogens is 3. The van der Waals surface area contributed by atoms with E-state index < -0.39 is 0 Å². The van der Waals surface area contributed by atoms with E-state index in [1.165, 1.54) is 9.75 Å². The van der Waals surface area contributed by atoms with Crippen LogP contribution in [0.5, 0.6) is 0 Å². The van der Waals surface area contributed by atoms with Crippen LogP contribution in [0.4, 0.5) is 0 Å². The first-order valence-corrected chi connectivity index (χ1v) is 6.68. The average Bonchev–Trinajstić information content (AvgIpc) is 2.94. The Morgan fingerprint density at radius 1 is 1.47 bits per heavy atom. The van der Waals surface area contributed by atoms with Gasteiger partial charge in [0.25, 0.3) is 0 Å². The molecule has 0 fully saturated rings. The van der Waals surface area contributed by atoms with Crippen LogP contribution in [-0.4, -0.2) is 14.8 Å². The number of rotatable bonds is 5. The Kier molecular flexibility index (Phi) is 3.91. The Bertz CT molecular complexity index is 474. The fraction of sp³-hybridized carbons (Fsp3) is 0.500. The van der Waals surface area contributed by atoms with Crippen molar-refractivity contribution in [3.05, 3.63) is 34.0 Å². The maximum atomic E-state index is 4.11. The van der Waals surface area contributed by atoms with Crippen LogP contribution in [-0.2, 0) is 13.1 Å². The van der Waals surface area contributed by atoms with Gasteiger partial charge in [-0.1, -0.05) is 0 Å². The molecule has 2 aromatic heterocycles. The summed E-state index contributed by atoms with van der Waals surface area (Å²) in [6, 6.07) is 4.70. The topological polar surface area (TPSA) is 42.7 Å². The summed E-state index contributed by atoms with van der Waals surface area (Å²) in [6.07, 6.45) is 1.77. The predicted molar refractivity (Wildman–Crippen MR) is 70.0 cm³/mol. The van der Waals surface area contributed by atoms with Crippen molar-refractivity contribution in [1.82, 2.24) is 20.1 Å². The van der Waals surface area contributed by atoms with E-state index in [0.29, 0.717) is 6.04 Å². The third-order valence-electron chi connectivity index (χ3n) is 2.79. The Hall–Kier alpha value is -1.20. The minimum atomic E-state index is 0.357. The SMILES string of the molecule is CCn1cnnc1CNC(C)c1ccc(C)s1. The van der Waals surface area contributed by atoms with Crippen molar-refractivity contribution in [1.29, 1.82) is 0 Å². The number of aryl methyl sites for hydroxylation is 2. The van der Waals surface area contributed by atoms with Crippen molar-refractivity contribution in [2.75, 3.05) is 0 Å². The minimum absolute atomic E-state index is 0.357. The Morgan fingerprint density at radius 2 is 2.29 bits per heavy atom. The zero-order valence-electron chi connectivity index (χ0n) is 10.5. The van der Waals surface area contributed by atoms with Crippen LogP contribution in [0, 0.1) is 6.92 Å². The first-order chi connectivity index (χ1) is 8.20. The molecule has 0 spiro atoms. The lowest BCUT2D eigenvalue weighted by molar-refractivity contribution is 0.545. The highest BCUT2D eigenvalue weighted by atomic mass is 32.1. The summed E-state index contributed by atoms with van der Waals surface area (Å²) in [6.45, 7) is 8.08. The van der Waals surface area contributed by atoms with E-state index in [4.69, 9.17) is 0 Å². The molecule has 92 valence electrons. The second-order valence-electron chi connectivity index (χ2n) is 4.08. The lowest BCUT2D eigenvalue weighted by Crippen LogP contribution is -2.19. The van der Waals surface area contributed by atoms with Gasteiger partial charge in [-0.15, -0.1) is 21.5 Å². The fourth-order valence-corrected chi connectivity index (χ4v) is 2.62. The van der Waals surface area contributed by atoms with Gasteiger partial charge in [-0.05, 0) is 32.9 Å². The summed E-state index contributed by atoms with van der Waals surface area (Å²) >= 11 is 1.84. The molecule has 2 aromatic rings.